The number of rotatable bonds is 2. The third kappa shape index (κ3) is 1.42. The number of nitrogens with one attached hydrogen (secondary N) is 1. The number of aryl methyl sites for hydroxylation is 1. The van der Waals surface area contributed by atoms with Crippen molar-refractivity contribution in [2.75, 3.05) is 23.9 Å². The smallest absolute Gasteiger partial charge is 0.110 e. The van der Waals surface area contributed by atoms with E-state index in [4.69, 9.17) is 11.6 Å². The zero-order chi connectivity index (χ0) is 12.1. The Morgan fingerprint density at radius 3 is 2.89 bits per heavy atom. The van der Waals surface area contributed by atoms with Crippen molar-refractivity contribution in [2.24, 2.45) is 0 Å². The fourth-order valence-electron chi connectivity index (χ4n) is 3.56. The highest BCUT2D eigenvalue weighted by molar-refractivity contribution is 6.18. The van der Waals surface area contributed by atoms with E-state index in [1.807, 2.05) is 0 Å². The van der Waals surface area contributed by atoms with Crippen LogP contribution in [0.2, 0.25) is 0 Å². The van der Waals surface area contributed by atoms with Crippen molar-refractivity contribution >= 4 is 28.3 Å². The van der Waals surface area contributed by atoms with Crippen molar-refractivity contribution in [1.29, 1.82) is 0 Å². The lowest BCUT2D eigenvalue weighted by Crippen LogP contribution is -2.38. The van der Waals surface area contributed by atoms with Crippen LogP contribution in [0.25, 0.3) is 10.9 Å². The number of alkyl halides is 1. The molecule has 1 saturated heterocycles. The lowest BCUT2D eigenvalue weighted by molar-refractivity contribution is 0.475. The number of anilines is 1. The first-order chi connectivity index (χ1) is 8.86. The van der Waals surface area contributed by atoms with Gasteiger partial charge in [0.15, 0.2) is 0 Å². The van der Waals surface area contributed by atoms with Gasteiger partial charge in [-0.15, -0.1) is 11.6 Å². The average molecular weight is 261 g/mol. The molecule has 0 radical (unpaired) electrons. The highest BCUT2D eigenvalue weighted by atomic mass is 35.5. The van der Waals surface area contributed by atoms with Gasteiger partial charge in [-0.05, 0) is 42.9 Å². The van der Waals surface area contributed by atoms with E-state index in [9.17, 15) is 0 Å². The molecule has 5 rings (SSSR count). The van der Waals surface area contributed by atoms with Crippen LogP contribution in [0.1, 0.15) is 29.9 Å². The van der Waals surface area contributed by atoms with Gasteiger partial charge in [0.1, 0.15) is 5.82 Å². The van der Waals surface area contributed by atoms with E-state index in [2.05, 4.69) is 28.1 Å². The molecule has 2 nitrogen and oxygen atoms in total. The number of hydrogen-bond acceptors (Lipinski definition) is 1. The Bertz CT molecular complexity index is 594. The van der Waals surface area contributed by atoms with Gasteiger partial charge in [-0.2, -0.15) is 0 Å². The molecule has 18 heavy (non-hydrogen) atoms. The maximum absolute atomic E-state index is 5.85. The minimum atomic E-state index is 0.702. The number of nitrogens with zero attached hydrogens (tertiary/aromatic N) is 1. The van der Waals surface area contributed by atoms with Crippen LogP contribution in [0.5, 0.6) is 0 Å². The summed E-state index contributed by atoms with van der Waals surface area (Å²) in [6, 6.07) is 6.76. The molecule has 1 aromatic heterocycles. The molecule has 3 heteroatoms. The predicted molar refractivity (Wildman–Crippen MR) is 76.9 cm³/mol. The van der Waals surface area contributed by atoms with Crippen molar-refractivity contribution in [3.63, 3.8) is 0 Å². The summed E-state index contributed by atoms with van der Waals surface area (Å²) in [5, 5.41) is 1.43. The third-order valence-corrected chi connectivity index (χ3v) is 4.67. The first kappa shape index (κ1) is 10.7. The minimum absolute atomic E-state index is 0.702. The number of aromatic nitrogens is 1. The van der Waals surface area contributed by atoms with Gasteiger partial charge in [0.05, 0.1) is 0 Å². The highest BCUT2D eigenvalue weighted by Gasteiger charge is 2.33. The molecular weight excluding hydrogens is 244 g/mol. The summed E-state index contributed by atoms with van der Waals surface area (Å²) in [6.45, 7) is 2.44. The molecule has 3 aliphatic rings. The monoisotopic (exact) mass is 260 g/mol. The lowest BCUT2D eigenvalue weighted by Gasteiger charge is -2.40. The van der Waals surface area contributed by atoms with Crippen LogP contribution >= 0.6 is 11.6 Å². The summed E-state index contributed by atoms with van der Waals surface area (Å²) in [5.41, 5.74) is 4.21. The Labute approximate surface area is 112 Å². The molecule has 2 bridgehead atoms. The predicted octanol–water partition coefficient (Wildman–Crippen LogP) is 3.65. The molecule has 0 aliphatic carbocycles. The molecule has 3 aliphatic heterocycles. The van der Waals surface area contributed by atoms with Crippen LogP contribution in [-0.2, 0) is 6.42 Å². The number of aromatic amines is 1. The molecule has 1 fully saturated rings. The van der Waals surface area contributed by atoms with E-state index in [1.165, 1.54) is 48.2 Å². The minimum Gasteiger partial charge on any atom is -0.358 e. The number of hydrogen-bond donors (Lipinski definition) is 1. The summed E-state index contributed by atoms with van der Waals surface area (Å²) in [7, 11) is 0. The van der Waals surface area contributed by atoms with Gasteiger partial charge in [-0.3, -0.25) is 0 Å². The zero-order valence-corrected chi connectivity index (χ0v) is 11.1. The maximum atomic E-state index is 5.85. The van der Waals surface area contributed by atoms with Gasteiger partial charge in [0.25, 0.3) is 0 Å². The van der Waals surface area contributed by atoms with Crippen molar-refractivity contribution < 1.29 is 0 Å². The second-order valence-corrected chi connectivity index (χ2v) is 5.85. The van der Waals surface area contributed by atoms with Crippen molar-refractivity contribution in [1.82, 2.24) is 4.98 Å². The highest BCUT2D eigenvalue weighted by Crippen LogP contribution is 2.45. The summed E-state index contributed by atoms with van der Waals surface area (Å²) in [5.74, 6) is 2.86. The van der Waals surface area contributed by atoms with Crippen LogP contribution in [-0.4, -0.2) is 24.0 Å². The lowest BCUT2D eigenvalue weighted by atomic mass is 9.84. The fourth-order valence-corrected chi connectivity index (χ4v) is 3.78. The normalized spacial score (nSPS) is 18.6. The molecule has 4 heterocycles. The molecule has 1 aromatic carbocycles. The van der Waals surface area contributed by atoms with Gasteiger partial charge >= 0.3 is 0 Å². The first-order valence-electron chi connectivity index (χ1n) is 6.82. The molecular formula is C15H17ClN2. The van der Waals surface area contributed by atoms with Crippen molar-refractivity contribution in [3.8, 4) is 0 Å². The zero-order valence-electron chi connectivity index (χ0n) is 10.4. The Hall–Kier alpha value is -1.15. The van der Waals surface area contributed by atoms with E-state index < -0.39 is 0 Å². The van der Waals surface area contributed by atoms with E-state index in [0.717, 1.165) is 12.3 Å². The van der Waals surface area contributed by atoms with Crippen LogP contribution in [0.3, 0.4) is 0 Å². The number of H-pyrrole nitrogens is 1. The third-order valence-electron chi connectivity index (χ3n) is 4.48. The van der Waals surface area contributed by atoms with Gasteiger partial charge in [-0.25, -0.2) is 0 Å². The van der Waals surface area contributed by atoms with Gasteiger partial charge < -0.3 is 9.88 Å². The topological polar surface area (TPSA) is 19.0 Å². The average Bonchev–Trinajstić information content (AvgIpc) is 2.81. The largest absolute Gasteiger partial charge is 0.358 e. The van der Waals surface area contributed by atoms with Crippen LogP contribution in [0.15, 0.2) is 18.2 Å². The molecule has 1 N–H and O–H groups in total. The Morgan fingerprint density at radius 1 is 1.28 bits per heavy atom. The molecule has 94 valence electrons. The molecule has 0 saturated carbocycles. The summed E-state index contributed by atoms with van der Waals surface area (Å²) in [6.07, 6.45) is 3.60. The standard InChI is InChI=1S/C15H17ClN2/c16-6-3-10-1-2-13-12(9-10)14-11-4-7-18(8-5-11)15(14)17-13/h1-2,9,11,17H,3-8H2. The number of benzene rings is 1. The molecule has 0 atom stereocenters. The fraction of sp³-hybridized carbons (Fsp3) is 0.467. The second kappa shape index (κ2) is 3.92. The SMILES string of the molecule is ClCCc1ccc2[nH]c3c(c2c1)C1CCN3CC1. The van der Waals surface area contributed by atoms with E-state index in [0.29, 0.717) is 5.88 Å². The number of fused-ring (bicyclic) bond motifs is 3. The first-order valence-corrected chi connectivity index (χ1v) is 7.35. The maximum Gasteiger partial charge on any atom is 0.110 e. The van der Waals surface area contributed by atoms with Gasteiger partial charge in [-0.1, -0.05) is 6.07 Å². The summed E-state index contributed by atoms with van der Waals surface area (Å²) >= 11 is 5.85. The van der Waals surface area contributed by atoms with Gasteiger partial charge in [0.2, 0.25) is 0 Å². The molecule has 2 aromatic rings. The van der Waals surface area contributed by atoms with Crippen molar-refractivity contribution in [3.05, 3.63) is 29.3 Å². The van der Waals surface area contributed by atoms with Crippen LogP contribution in [0.4, 0.5) is 5.82 Å². The number of halogens is 1. The summed E-state index contributed by atoms with van der Waals surface area (Å²) < 4.78 is 0. The summed E-state index contributed by atoms with van der Waals surface area (Å²) in [4.78, 5) is 6.12. The molecule has 0 amide bonds. The van der Waals surface area contributed by atoms with Crippen LogP contribution in [0, 0.1) is 0 Å². The van der Waals surface area contributed by atoms with E-state index in [1.54, 1.807) is 5.56 Å². The molecule has 0 spiro atoms. The van der Waals surface area contributed by atoms with E-state index in [-0.39, 0.29) is 0 Å². The van der Waals surface area contributed by atoms with E-state index >= 15 is 0 Å². The molecule has 0 unspecified atom stereocenters. The Balaban J connectivity index is 1.93. The Kier molecular flexibility index (Phi) is 2.34. The van der Waals surface area contributed by atoms with Gasteiger partial charge in [0, 0.05) is 35.4 Å². The quantitative estimate of drug-likeness (QED) is 0.817. The number of piperidine rings is 1. The van der Waals surface area contributed by atoms with Crippen molar-refractivity contribution in [2.45, 2.75) is 25.2 Å². The van der Waals surface area contributed by atoms with Crippen LogP contribution < -0.4 is 4.90 Å². The Morgan fingerprint density at radius 2 is 2.11 bits per heavy atom. The second-order valence-electron chi connectivity index (χ2n) is 5.47.